The Kier molecular flexibility index (Phi) is 7.72. The van der Waals surface area contributed by atoms with E-state index in [0.29, 0.717) is 18.9 Å². The summed E-state index contributed by atoms with van der Waals surface area (Å²) in [5.41, 5.74) is 8.43. The molecule has 0 saturated heterocycles. The second kappa shape index (κ2) is 9.78. The fraction of sp³-hybridized carbons (Fsp3) is 0.579. The molecule has 5 N–H and O–H groups in total. The summed E-state index contributed by atoms with van der Waals surface area (Å²) < 4.78 is 0. The molecule has 1 aliphatic carbocycles. The van der Waals surface area contributed by atoms with Crippen molar-refractivity contribution in [1.82, 2.24) is 15.3 Å². The molecule has 26 heavy (non-hydrogen) atoms. The number of amides is 1. The molecule has 7 heteroatoms. The Morgan fingerprint density at radius 3 is 2.65 bits per heavy atom. The van der Waals surface area contributed by atoms with Crippen LogP contribution in [0.2, 0.25) is 0 Å². The van der Waals surface area contributed by atoms with Crippen LogP contribution in [0, 0.1) is 5.92 Å². The number of benzene rings is 1. The molecule has 6 nitrogen and oxygen atoms in total. The number of aromatic amines is 2. The maximum atomic E-state index is 12.2. The SMILES string of the molecule is Cl.NCC(NC(=O)CCCc1ccc2[nH]c(=O)[nH]c2c1)C1CCCCC1. The fourth-order valence-corrected chi connectivity index (χ4v) is 3.87. The van der Waals surface area contributed by atoms with Gasteiger partial charge in [-0.05, 0) is 49.3 Å². The lowest BCUT2D eigenvalue weighted by molar-refractivity contribution is -0.122. The zero-order valence-electron chi connectivity index (χ0n) is 15.1. The summed E-state index contributed by atoms with van der Waals surface area (Å²) in [6, 6.07) is 5.98. The predicted molar refractivity (Wildman–Crippen MR) is 107 cm³/mol. The first kappa shape index (κ1) is 20.5. The number of aromatic nitrogens is 2. The molecule has 1 unspecified atom stereocenters. The minimum atomic E-state index is -0.193. The van der Waals surface area contributed by atoms with Crippen molar-refractivity contribution >= 4 is 29.3 Å². The number of rotatable bonds is 7. The van der Waals surface area contributed by atoms with Crippen LogP contribution >= 0.6 is 12.4 Å². The van der Waals surface area contributed by atoms with E-state index in [-0.39, 0.29) is 30.0 Å². The Labute approximate surface area is 159 Å². The van der Waals surface area contributed by atoms with E-state index in [0.717, 1.165) is 29.4 Å². The van der Waals surface area contributed by atoms with Crippen LogP contribution in [0.4, 0.5) is 0 Å². The second-order valence-corrected chi connectivity index (χ2v) is 7.12. The molecule has 144 valence electrons. The first-order chi connectivity index (χ1) is 12.2. The first-order valence-electron chi connectivity index (χ1n) is 9.36. The quantitative estimate of drug-likeness (QED) is 0.593. The summed E-state index contributed by atoms with van der Waals surface area (Å²) in [7, 11) is 0. The van der Waals surface area contributed by atoms with Crippen LogP contribution in [0.5, 0.6) is 0 Å². The van der Waals surface area contributed by atoms with Crippen molar-refractivity contribution in [3.05, 3.63) is 34.2 Å². The molecule has 1 fully saturated rings. The van der Waals surface area contributed by atoms with Crippen molar-refractivity contribution < 1.29 is 4.79 Å². The van der Waals surface area contributed by atoms with Crippen LogP contribution in [-0.4, -0.2) is 28.5 Å². The van der Waals surface area contributed by atoms with Gasteiger partial charge < -0.3 is 21.0 Å². The highest BCUT2D eigenvalue weighted by Gasteiger charge is 2.23. The number of halogens is 1. The van der Waals surface area contributed by atoms with Gasteiger partial charge in [0.1, 0.15) is 0 Å². The number of nitrogens with one attached hydrogen (secondary N) is 3. The number of hydrogen-bond acceptors (Lipinski definition) is 3. The molecule has 0 radical (unpaired) electrons. The summed E-state index contributed by atoms with van der Waals surface area (Å²) in [4.78, 5) is 29.0. The number of nitrogens with two attached hydrogens (primary N) is 1. The molecule has 0 aliphatic heterocycles. The van der Waals surface area contributed by atoms with Crippen LogP contribution in [0.3, 0.4) is 0 Å². The molecule has 0 spiro atoms. The Bertz CT molecular complexity index is 764. The lowest BCUT2D eigenvalue weighted by atomic mass is 9.84. The topological polar surface area (TPSA) is 104 Å². The van der Waals surface area contributed by atoms with Gasteiger partial charge in [0.2, 0.25) is 5.91 Å². The van der Waals surface area contributed by atoms with Gasteiger partial charge in [0.25, 0.3) is 0 Å². The standard InChI is InChI=1S/C19H28N4O2.ClH/c20-12-17(14-6-2-1-3-7-14)21-18(24)8-4-5-13-9-10-15-16(11-13)23-19(25)22-15;/h9-11,14,17H,1-8,12,20H2,(H,21,24)(H2,22,23,25);1H. The largest absolute Gasteiger partial charge is 0.352 e. The number of fused-ring (bicyclic) bond motifs is 1. The molecule has 0 bridgehead atoms. The van der Waals surface area contributed by atoms with Crippen LogP contribution in [0.1, 0.15) is 50.5 Å². The number of H-pyrrole nitrogens is 2. The van der Waals surface area contributed by atoms with Crippen molar-refractivity contribution in [1.29, 1.82) is 0 Å². The van der Waals surface area contributed by atoms with Gasteiger partial charge in [-0.1, -0.05) is 25.3 Å². The van der Waals surface area contributed by atoms with Gasteiger partial charge in [0, 0.05) is 19.0 Å². The number of imidazole rings is 1. The van der Waals surface area contributed by atoms with Gasteiger partial charge in [0.05, 0.1) is 11.0 Å². The maximum Gasteiger partial charge on any atom is 0.323 e. The first-order valence-corrected chi connectivity index (χ1v) is 9.36. The molecule has 1 saturated carbocycles. The molecule has 3 rings (SSSR count). The van der Waals surface area contributed by atoms with Crippen molar-refractivity contribution in [3.63, 3.8) is 0 Å². The van der Waals surface area contributed by atoms with Crippen LogP contribution in [0.15, 0.2) is 23.0 Å². The van der Waals surface area contributed by atoms with Crippen molar-refractivity contribution in [3.8, 4) is 0 Å². The third kappa shape index (κ3) is 5.35. The average Bonchev–Trinajstić information content (AvgIpc) is 2.99. The summed E-state index contributed by atoms with van der Waals surface area (Å²) in [6.07, 6.45) is 8.26. The normalized spacial score (nSPS) is 16.2. The molecule has 1 amide bonds. The van der Waals surface area contributed by atoms with Crippen LogP contribution < -0.4 is 16.7 Å². The van der Waals surface area contributed by atoms with Gasteiger partial charge in [0.15, 0.2) is 0 Å². The lowest BCUT2D eigenvalue weighted by Gasteiger charge is -2.30. The minimum Gasteiger partial charge on any atom is -0.352 e. The smallest absolute Gasteiger partial charge is 0.323 e. The third-order valence-electron chi connectivity index (χ3n) is 5.27. The maximum absolute atomic E-state index is 12.2. The van der Waals surface area contributed by atoms with Crippen LogP contribution in [0.25, 0.3) is 11.0 Å². The van der Waals surface area contributed by atoms with E-state index < -0.39 is 0 Å². The van der Waals surface area contributed by atoms with Gasteiger partial charge in [-0.2, -0.15) is 0 Å². The fourth-order valence-electron chi connectivity index (χ4n) is 3.87. The summed E-state index contributed by atoms with van der Waals surface area (Å²) >= 11 is 0. The molecule has 1 atom stereocenters. The minimum absolute atomic E-state index is 0. The predicted octanol–water partition coefficient (Wildman–Crippen LogP) is 2.62. The molecule has 1 heterocycles. The molecular formula is C19H29ClN4O2. The monoisotopic (exact) mass is 380 g/mol. The van der Waals surface area contributed by atoms with E-state index in [1.165, 1.54) is 32.1 Å². The van der Waals surface area contributed by atoms with Crippen molar-refractivity contribution in [2.45, 2.75) is 57.4 Å². The third-order valence-corrected chi connectivity index (χ3v) is 5.27. The van der Waals surface area contributed by atoms with E-state index in [2.05, 4.69) is 15.3 Å². The number of aryl methyl sites for hydroxylation is 1. The highest BCUT2D eigenvalue weighted by molar-refractivity contribution is 5.85. The molecule has 1 aromatic heterocycles. The van der Waals surface area contributed by atoms with E-state index in [1.807, 2.05) is 18.2 Å². The Balaban J connectivity index is 0.00000243. The zero-order chi connectivity index (χ0) is 17.6. The van der Waals surface area contributed by atoms with Gasteiger partial charge in [-0.3, -0.25) is 4.79 Å². The highest BCUT2D eigenvalue weighted by Crippen LogP contribution is 2.26. The van der Waals surface area contributed by atoms with Crippen molar-refractivity contribution in [2.24, 2.45) is 11.7 Å². The zero-order valence-corrected chi connectivity index (χ0v) is 15.9. The Morgan fingerprint density at radius 1 is 1.19 bits per heavy atom. The lowest BCUT2D eigenvalue weighted by Crippen LogP contribution is -2.45. The number of hydrogen-bond donors (Lipinski definition) is 4. The Morgan fingerprint density at radius 2 is 1.92 bits per heavy atom. The molecule has 2 aromatic rings. The van der Waals surface area contributed by atoms with E-state index in [4.69, 9.17) is 5.73 Å². The average molecular weight is 381 g/mol. The van der Waals surface area contributed by atoms with Gasteiger partial charge in [-0.25, -0.2) is 4.79 Å². The van der Waals surface area contributed by atoms with Gasteiger partial charge in [-0.15, -0.1) is 12.4 Å². The summed E-state index contributed by atoms with van der Waals surface area (Å²) in [6.45, 7) is 0.522. The van der Waals surface area contributed by atoms with Gasteiger partial charge >= 0.3 is 5.69 Å². The molecule has 1 aliphatic rings. The summed E-state index contributed by atoms with van der Waals surface area (Å²) in [5, 5.41) is 3.14. The van der Waals surface area contributed by atoms with Crippen LogP contribution in [-0.2, 0) is 11.2 Å². The molecular weight excluding hydrogens is 352 g/mol. The molecule has 1 aromatic carbocycles. The van der Waals surface area contributed by atoms with Crippen molar-refractivity contribution in [2.75, 3.05) is 6.54 Å². The highest BCUT2D eigenvalue weighted by atomic mass is 35.5. The number of carbonyl (C=O) groups is 1. The van der Waals surface area contributed by atoms with E-state index in [1.54, 1.807) is 0 Å². The number of carbonyl (C=O) groups excluding carboxylic acids is 1. The second-order valence-electron chi connectivity index (χ2n) is 7.12. The van der Waals surface area contributed by atoms with E-state index in [9.17, 15) is 9.59 Å². The summed E-state index contributed by atoms with van der Waals surface area (Å²) in [5.74, 6) is 0.632. The van der Waals surface area contributed by atoms with E-state index >= 15 is 0 Å². The Hall–Kier alpha value is -1.79.